The van der Waals surface area contributed by atoms with Crippen molar-refractivity contribution in [1.82, 2.24) is 14.7 Å². The van der Waals surface area contributed by atoms with Gasteiger partial charge in [0.1, 0.15) is 6.67 Å². The third kappa shape index (κ3) is 2.60. The maximum atomic E-state index is 14.6. The molecule has 24 heavy (non-hydrogen) atoms. The number of imidazole rings is 1. The summed E-state index contributed by atoms with van der Waals surface area (Å²) in [6.07, 6.45) is 2.83. The lowest BCUT2D eigenvalue weighted by Gasteiger charge is -2.30. The average Bonchev–Trinajstić information content (AvgIpc) is 3.20. The average molecular weight is 337 g/mol. The molecule has 0 amide bonds. The van der Waals surface area contributed by atoms with E-state index in [0.717, 1.165) is 0 Å². The summed E-state index contributed by atoms with van der Waals surface area (Å²) in [7, 11) is 0. The Kier molecular flexibility index (Phi) is 4.18. The first-order valence-electron chi connectivity index (χ1n) is 7.18. The Balaban J connectivity index is 1.88. The van der Waals surface area contributed by atoms with Crippen LogP contribution in [0.25, 0.3) is 0 Å². The number of hydrogen-bond acceptors (Lipinski definition) is 7. The molecule has 3 rings (SSSR count). The van der Waals surface area contributed by atoms with Gasteiger partial charge in [-0.15, -0.1) is 4.48 Å². The van der Waals surface area contributed by atoms with Gasteiger partial charge in [-0.1, -0.05) is 5.12 Å². The van der Waals surface area contributed by atoms with E-state index in [-0.39, 0.29) is 25.5 Å². The van der Waals surface area contributed by atoms with Crippen LogP contribution in [0.2, 0.25) is 0 Å². The van der Waals surface area contributed by atoms with Crippen LogP contribution in [-0.2, 0) is 12.3 Å². The standard InChI is InChI=1S/C14H16FN5O4/c15-19-10-17(12-1-3-13(4-2-12)20(23)24)7-14(19,8-22)18-5-11(6-21)16-9-18/h1-5,9,21-22H,6-8,10H2. The molecule has 0 saturated carbocycles. The number of nitrogens with zero attached hydrogens (tertiary/aromatic N) is 5. The molecule has 0 aliphatic carbocycles. The summed E-state index contributed by atoms with van der Waals surface area (Å²) in [6.45, 7) is -0.800. The molecule has 1 aliphatic rings. The van der Waals surface area contributed by atoms with Crippen LogP contribution in [0.15, 0.2) is 36.8 Å². The molecule has 2 heterocycles. The summed E-state index contributed by atoms with van der Waals surface area (Å²) in [5.41, 5.74) is -0.459. The van der Waals surface area contributed by atoms with Gasteiger partial charge in [0.15, 0.2) is 5.66 Å². The van der Waals surface area contributed by atoms with Crippen LogP contribution in [0.5, 0.6) is 0 Å². The first-order valence-corrected chi connectivity index (χ1v) is 7.18. The van der Waals surface area contributed by atoms with Crippen molar-refractivity contribution in [2.45, 2.75) is 12.3 Å². The van der Waals surface area contributed by atoms with Crippen molar-refractivity contribution in [3.8, 4) is 0 Å². The third-order valence-electron chi connectivity index (χ3n) is 4.15. The van der Waals surface area contributed by atoms with Gasteiger partial charge in [0, 0.05) is 24.0 Å². The van der Waals surface area contributed by atoms with Crippen molar-refractivity contribution in [2.75, 3.05) is 24.7 Å². The quantitative estimate of drug-likeness (QED) is 0.467. The molecule has 0 radical (unpaired) electrons. The Hall–Kier alpha value is -2.56. The zero-order valence-corrected chi connectivity index (χ0v) is 12.6. The molecule has 1 atom stereocenters. The summed E-state index contributed by atoms with van der Waals surface area (Å²) >= 11 is 0. The minimum absolute atomic E-state index is 0.0503. The van der Waals surface area contributed by atoms with E-state index in [2.05, 4.69) is 4.98 Å². The number of nitro benzene ring substituents is 1. The molecule has 0 spiro atoms. The molecular weight excluding hydrogens is 321 g/mol. The lowest BCUT2D eigenvalue weighted by Crippen LogP contribution is -2.47. The zero-order valence-electron chi connectivity index (χ0n) is 12.6. The van der Waals surface area contributed by atoms with Gasteiger partial charge in [-0.05, 0) is 12.1 Å². The topological polar surface area (TPSA) is 108 Å². The number of aliphatic hydroxyl groups excluding tert-OH is 2. The number of halogens is 1. The van der Waals surface area contributed by atoms with E-state index in [0.29, 0.717) is 16.5 Å². The number of nitro groups is 1. The van der Waals surface area contributed by atoms with Crippen molar-refractivity contribution in [3.05, 3.63) is 52.6 Å². The summed E-state index contributed by atoms with van der Waals surface area (Å²) in [4.78, 5) is 15.8. The molecular formula is C14H16FN5O4. The first-order chi connectivity index (χ1) is 11.5. The normalized spacial score (nSPS) is 21.4. The minimum Gasteiger partial charge on any atom is -0.392 e. The fraction of sp³-hybridized carbons (Fsp3) is 0.357. The van der Waals surface area contributed by atoms with E-state index in [9.17, 15) is 19.7 Å². The summed E-state index contributed by atoms with van der Waals surface area (Å²) < 4.78 is 16.0. The van der Waals surface area contributed by atoms with Crippen LogP contribution in [0.3, 0.4) is 0 Å². The van der Waals surface area contributed by atoms with Gasteiger partial charge >= 0.3 is 0 Å². The van der Waals surface area contributed by atoms with Gasteiger partial charge in [-0.2, -0.15) is 0 Å². The number of benzene rings is 1. The SMILES string of the molecule is O=[N+]([O-])c1ccc(N2CN(F)C(CO)(n3cnc(CO)c3)C2)cc1. The van der Waals surface area contributed by atoms with Crippen LogP contribution >= 0.6 is 0 Å². The largest absolute Gasteiger partial charge is 0.392 e. The van der Waals surface area contributed by atoms with Crippen LogP contribution in [0, 0.1) is 10.1 Å². The van der Waals surface area contributed by atoms with E-state index in [1.165, 1.54) is 41.4 Å². The molecule has 2 aromatic rings. The van der Waals surface area contributed by atoms with Crippen LogP contribution in [0.1, 0.15) is 5.69 Å². The van der Waals surface area contributed by atoms with E-state index < -0.39 is 17.2 Å². The molecule has 0 bridgehead atoms. The maximum Gasteiger partial charge on any atom is 0.269 e. The van der Waals surface area contributed by atoms with Crippen molar-refractivity contribution < 1.29 is 19.6 Å². The molecule has 1 aromatic heterocycles. The second-order valence-corrected chi connectivity index (χ2v) is 5.55. The van der Waals surface area contributed by atoms with E-state index in [1.54, 1.807) is 4.90 Å². The summed E-state index contributed by atoms with van der Waals surface area (Å²) in [5, 5.41) is 30.1. The van der Waals surface area contributed by atoms with E-state index in [4.69, 9.17) is 5.11 Å². The molecule has 128 valence electrons. The highest BCUT2D eigenvalue weighted by atomic mass is 19.2. The maximum absolute atomic E-state index is 14.6. The Labute approximate surface area is 136 Å². The molecule has 1 unspecified atom stereocenters. The monoisotopic (exact) mass is 337 g/mol. The minimum atomic E-state index is -1.37. The fourth-order valence-electron chi connectivity index (χ4n) is 2.76. The van der Waals surface area contributed by atoms with Gasteiger partial charge in [0.05, 0.1) is 36.7 Å². The van der Waals surface area contributed by atoms with Crippen molar-refractivity contribution in [2.24, 2.45) is 0 Å². The second kappa shape index (κ2) is 6.15. The molecule has 1 aliphatic heterocycles. The van der Waals surface area contributed by atoms with Crippen LogP contribution in [-0.4, -0.2) is 49.6 Å². The van der Waals surface area contributed by atoms with E-state index in [1.807, 2.05) is 0 Å². The number of rotatable bonds is 5. The molecule has 1 aromatic carbocycles. The smallest absolute Gasteiger partial charge is 0.269 e. The molecule has 1 saturated heterocycles. The predicted molar refractivity (Wildman–Crippen MR) is 81.5 cm³/mol. The number of aromatic nitrogens is 2. The Morgan fingerprint density at radius 3 is 2.58 bits per heavy atom. The first kappa shape index (κ1) is 16.3. The zero-order chi connectivity index (χ0) is 17.3. The predicted octanol–water partition coefficient (Wildman–Crippen LogP) is 0.593. The number of non-ortho nitro benzene ring substituents is 1. The van der Waals surface area contributed by atoms with Gasteiger partial charge in [-0.3, -0.25) is 10.1 Å². The lowest BCUT2D eigenvalue weighted by atomic mass is 10.1. The van der Waals surface area contributed by atoms with Crippen LogP contribution in [0.4, 0.5) is 15.9 Å². The number of anilines is 1. The van der Waals surface area contributed by atoms with Crippen molar-refractivity contribution >= 4 is 11.4 Å². The highest BCUT2D eigenvalue weighted by molar-refractivity contribution is 5.51. The second-order valence-electron chi connectivity index (χ2n) is 5.55. The lowest BCUT2D eigenvalue weighted by molar-refractivity contribution is -0.384. The Morgan fingerprint density at radius 1 is 1.33 bits per heavy atom. The van der Waals surface area contributed by atoms with Crippen LogP contribution < -0.4 is 4.90 Å². The Bertz CT molecular complexity index is 737. The third-order valence-corrected chi connectivity index (χ3v) is 4.15. The molecule has 9 nitrogen and oxygen atoms in total. The van der Waals surface area contributed by atoms with E-state index >= 15 is 0 Å². The van der Waals surface area contributed by atoms with Gasteiger partial charge in [-0.25, -0.2) is 4.98 Å². The molecule has 10 heteroatoms. The van der Waals surface area contributed by atoms with Gasteiger partial charge in [0.2, 0.25) is 0 Å². The van der Waals surface area contributed by atoms with Gasteiger partial charge < -0.3 is 19.7 Å². The summed E-state index contributed by atoms with van der Waals surface area (Å²) in [6, 6.07) is 5.76. The highest BCUT2D eigenvalue weighted by Crippen LogP contribution is 2.34. The fourth-order valence-corrected chi connectivity index (χ4v) is 2.76. The van der Waals surface area contributed by atoms with Gasteiger partial charge in [0.25, 0.3) is 5.69 Å². The Morgan fingerprint density at radius 2 is 2.04 bits per heavy atom. The molecule has 2 N–H and O–H groups in total. The number of aliphatic hydroxyl groups is 2. The summed E-state index contributed by atoms with van der Waals surface area (Å²) in [5.74, 6) is 0. The van der Waals surface area contributed by atoms with Crippen molar-refractivity contribution in [1.29, 1.82) is 0 Å². The molecule has 1 fully saturated rings. The highest BCUT2D eigenvalue weighted by Gasteiger charge is 2.47. The van der Waals surface area contributed by atoms with Crippen molar-refractivity contribution in [3.63, 3.8) is 0 Å². The number of hydrogen-bond donors (Lipinski definition) is 2.